The van der Waals surface area contributed by atoms with Crippen molar-refractivity contribution < 1.29 is 18.3 Å². The average Bonchev–Trinajstić information content (AvgIpc) is 2.16. The number of ether oxygens (including phenoxy) is 1. The van der Waals surface area contributed by atoms with Gasteiger partial charge >= 0.3 is 5.97 Å². The lowest BCUT2D eigenvalue weighted by Gasteiger charge is -2.09. The van der Waals surface area contributed by atoms with Crippen LogP contribution in [-0.4, -0.2) is 12.6 Å². The van der Waals surface area contributed by atoms with Crippen molar-refractivity contribution in [2.24, 2.45) is 0 Å². The molecule has 1 aromatic rings. The van der Waals surface area contributed by atoms with Gasteiger partial charge in [-0.2, -0.15) is 0 Å². The number of esters is 1. The molecule has 0 aliphatic rings. The normalized spacial score (nSPS) is 10.1. The van der Waals surface area contributed by atoms with Crippen LogP contribution < -0.4 is 5.73 Å². The third kappa shape index (κ3) is 2.06. The predicted molar refractivity (Wildman–Crippen MR) is 51.5 cm³/mol. The van der Waals surface area contributed by atoms with E-state index in [0.29, 0.717) is 0 Å². The number of carbonyl (C=O) groups excluding carboxylic acids is 1. The van der Waals surface area contributed by atoms with Crippen LogP contribution in [0.5, 0.6) is 0 Å². The van der Waals surface area contributed by atoms with Gasteiger partial charge in [-0.05, 0) is 25.5 Å². The second-order valence-corrected chi connectivity index (χ2v) is 3.00. The van der Waals surface area contributed by atoms with E-state index in [1.54, 1.807) is 6.92 Å². The lowest BCUT2D eigenvalue weighted by molar-refractivity contribution is 0.0521. The first kappa shape index (κ1) is 11.4. The van der Waals surface area contributed by atoms with Gasteiger partial charge in [0, 0.05) is 0 Å². The molecule has 1 rings (SSSR count). The van der Waals surface area contributed by atoms with Crippen LogP contribution in [0.1, 0.15) is 22.8 Å². The predicted octanol–water partition coefficient (Wildman–Crippen LogP) is 2.03. The van der Waals surface area contributed by atoms with E-state index in [4.69, 9.17) is 5.73 Å². The molecular weight excluding hydrogens is 204 g/mol. The quantitative estimate of drug-likeness (QED) is 0.606. The molecular formula is C10H11F2NO2. The number of hydrogen-bond acceptors (Lipinski definition) is 3. The van der Waals surface area contributed by atoms with Crippen LogP contribution in [0.3, 0.4) is 0 Å². The van der Waals surface area contributed by atoms with E-state index in [9.17, 15) is 13.6 Å². The zero-order valence-corrected chi connectivity index (χ0v) is 8.43. The number of halogens is 2. The number of nitrogens with two attached hydrogens (primary N) is 1. The summed E-state index contributed by atoms with van der Waals surface area (Å²) < 4.78 is 31.2. The van der Waals surface area contributed by atoms with Gasteiger partial charge in [-0.1, -0.05) is 0 Å². The Bertz CT molecular complexity index is 379. The fourth-order valence-corrected chi connectivity index (χ4v) is 1.17. The summed E-state index contributed by atoms with van der Waals surface area (Å²) in [5.74, 6) is -2.61. The Labute approximate surface area is 85.8 Å². The fourth-order valence-electron chi connectivity index (χ4n) is 1.17. The van der Waals surface area contributed by atoms with Crippen molar-refractivity contribution in [2.75, 3.05) is 12.3 Å². The highest BCUT2D eigenvalue weighted by molar-refractivity contribution is 5.95. The van der Waals surface area contributed by atoms with Gasteiger partial charge in [0.25, 0.3) is 0 Å². The molecule has 1 aromatic carbocycles. The molecule has 0 aliphatic carbocycles. The SMILES string of the molecule is CCOC(=O)c1c(N)c(F)cc(C)c1F. The summed E-state index contributed by atoms with van der Waals surface area (Å²) in [6.45, 7) is 2.99. The number of nitrogen functional groups attached to an aromatic ring is 1. The van der Waals surface area contributed by atoms with Gasteiger partial charge in [-0.25, -0.2) is 13.6 Å². The topological polar surface area (TPSA) is 52.3 Å². The molecule has 0 bridgehead atoms. The zero-order valence-electron chi connectivity index (χ0n) is 8.43. The smallest absolute Gasteiger partial charge is 0.343 e. The maximum Gasteiger partial charge on any atom is 0.343 e. The summed E-state index contributed by atoms with van der Waals surface area (Å²) in [6, 6.07) is 0.938. The van der Waals surface area contributed by atoms with Crippen molar-refractivity contribution in [3.05, 3.63) is 28.8 Å². The highest BCUT2D eigenvalue weighted by Gasteiger charge is 2.21. The summed E-state index contributed by atoms with van der Waals surface area (Å²) in [7, 11) is 0. The molecule has 0 atom stereocenters. The minimum absolute atomic E-state index is 0.0183. The van der Waals surface area contributed by atoms with Crippen molar-refractivity contribution >= 4 is 11.7 Å². The van der Waals surface area contributed by atoms with Crippen LogP contribution in [-0.2, 0) is 4.74 Å². The highest BCUT2D eigenvalue weighted by atomic mass is 19.1. The number of anilines is 1. The lowest BCUT2D eigenvalue weighted by Crippen LogP contribution is -2.13. The number of benzene rings is 1. The number of aryl methyl sites for hydroxylation is 1. The minimum atomic E-state index is -0.949. The summed E-state index contributed by atoms with van der Waals surface area (Å²) in [5, 5.41) is 0. The molecule has 0 amide bonds. The number of rotatable bonds is 2. The average molecular weight is 215 g/mol. The van der Waals surface area contributed by atoms with Crippen LogP contribution in [0, 0.1) is 18.6 Å². The van der Waals surface area contributed by atoms with Crippen LogP contribution >= 0.6 is 0 Å². The molecule has 15 heavy (non-hydrogen) atoms. The number of carbonyl (C=O) groups is 1. The van der Waals surface area contributed by atoms with Gasteiger partial charge in [-0.3, -0.25) is 0 Å². The molecule has 0 radical (unpaired) electrons. The third-order valence-corrected chi connectivity index (χ3v) is 1.92. The molecule has 3 nitrogen and oxygen atoms in total. The molecule has 0 saturated carbocycles. The summed E-state index contributed by atoms with van der Waals surface area (Å²) in [5.41, 5.74) is 4.24. The maximum atomic E-state index is 13.5. The van der Waals surface area contributed by atoms with E-state index in [-0.39, 0.29) is 12.2 Å². The van der Waals surface area contributed by atoms with Gasteiger partial charge < -0.3 is 10.5 Å². The van der Waals surface area contributed by atoms with E-state index in [0.717, 1.165) is 6.07 Å². The first-order chi connectivity index (χ1) is 6.99. The third-order valence-electron chi connectivity index (χ3n) is 1.92. The first-order valence-electron chi connectivity index (χ1n) is 4.40. The Morgan fingerprint density at radius 1 is 1.53 bits per heavy atom. The Morgan fingerprint density at radius 2 is 2.13 bits per heavy atom. The Hall–Kier alpha value is -1.65. The van der Waals surface area contributed by atoms with E-state index in [1.807, 2.05) is 0 Å². The molecule has 0 fully saturated rings. The first-order valence-corrected chi connectivity index (χ1v) is 4.40. The van der Waals surface area contributed by atoms with Gasteiger partial charge in [0.2, 0.25) is 0 Å². The Kier molecular flexibility index (Phi) is 3.24. The summed E-state index contributed by atoms with van der Waals surface area (Å²) >= 11 is 0. The minimum Gasteiger partial charge on any atom is -0.462 e. The molecule has 2 N–H and O–H groups in total. The standard InChI is InChI=1S/C10H11F2NO2/c1-3-15-10(14)7-8(12)5(2)4-6(11)9(7)13/h4H,3,13H2,1-2H3. The number of hydrogen-bond donors (Lipinski definition) is 1. The monoisotopic (exact) mass is 215 g/mol. The van der Waals surface area contributed by atoms with Crippen LogP contribution in [0.4, 0.5) is 14.5 Å². The van der Waals surface area contributed by atoms with Crippen molar-refractivity contribution in [3.63, 3.8) is 0 Å². The van der Waals surface area contributed by atoms with Crippen molar-refractivity contribution in [2.45, 2.75) is 13.8 Å². The van der Waals surface area contributed by atoms with Crippen molar-refractivity contribution in [3.8, 4) is 0 Å². The lowest BCUT2D eigenvalue weighted by atomic mass is 10.1. The van der Waals surface area contributed by atoms with E-state index in [2.05, 4.69) is 4.74 Å². The molecule has 0 aliphatic heterocycles. The van der Waals surface area contributed by atoms with Gasteiger partial charge in [-0.15, -0.1) is 0 Å². The van der Waals surface area contributed by atoms with Gasteiger partial charge in [0.05, 0.1) is 12.3 Å². The van der Waals surface area contributed by atoms with Crippen LogP contribution in [0.15, 0.2) is 6.07 Å². The second-order valence-electron chi connectivity index (χ2n) is 3.00. The fraction of sp³-hybridized carbons (Fsp3) is 0.300. The van der Waals surface area contributed by atoms with Gasteiger partial charge in [0.15, 0.2) is 0 Å². The summed E-state index contributed by atoms with van der Waals surface area (Å²) in [4.78, 5) is 11.3. The zero-order chi connectivity index (χ0) is 11.6. The largest absolute Gasteiger partial charge is 0.462 e. The molecule has 0 saturated heterocycles. The molecule has 5 heteroatoms. The molecule has 82 valence electrons. The van der Waals surface area contributed by atoms with E-state index >= 15 is 0 Å². The van der Waals surface area contributed by atoms with Crippen LogP contribution in [0.2, 0.25) is 0 Å². The Morgan fingerprint density at radius 3 is 2.67 bits per heavy atom. The highest BCUT2D eigenvalue weighted by Crippen LogP contribution is 2.23. The molecule has 0 unspecified atom stereocenters. The summed E-state index contributed by atoms with van der Waals surface area (Å²) in [6.07, 6.45) is 0. The van der Waals surface area contributed by atoms with Crippen LogP contribution in [0.25, 0.3) is 0 Å². The van der Waals surface area contributed by atoms with Crippen molar-refractivity contribution in [1.82, 2.24) is 0 Å². The van der Waals surface area contributed by atoms with E-state index in [1.165, 1.54) is 6.92 Å². The molecule has 0 spiro atoms. The molecule has 0 aromatic heterocycles. The van der Waals surface area contributed by atoms with E-state index < -0.39 is 28.9 Å². The second kappa shape index (κ2) is 4.25. The van der Waals surface area contributed by atoms with Gasteiger partial charge in [0.1, 0.15) is 17.2 Å². The van der Waals surface area contributed by atoms with Crippen molar-refractivity contribution in [1.29, 1.82) is 0 Å². The molecule has 0 heterocycles. The maximum absolute atomic E-state index is 13.5. The Balaban J connectivity index is 3.32.